The second-order valence-electron chi connectivity index (χ2n) is 5.17. The molecular weight excluding hydrogens is 235 g/mol. The molecule has 0 bridgehead atoms. The summed E-state index contributed by atoms with van der Waals surface area (Å²) in [5.74, 6) is -0.0198. The number of benzene rings is 1. The number of hydrogen-bond acceptors (Lipinski definition) is 3. The molecule has 1 unspecified atom stereocenters. The van der Waals surface area contributed by atoms with Gasteiger partial charge in [0.25, 0.3) is 0 Å². The molecular formula is C14H21FO3. The molecule has 0 aliphatic heterocycles. The lowest BCUT2D eigenvalue weighted by atomic mass is 10.1. The van der Waals surface area contributed by atoms with Crippen LogP contribution in [0.5, 0.6) is 5.75 Å². The molecule has 102 valence electrons. The Hall–Kier alpha value is -1.13. The van der Waals surface area contributed by atoms with Crippen molar-refractivity contribution >= 4 is 0 Å². The summed E-state index contributed by atoms with van der Waals surface area (Å²) in [6.45, 7) is 8.22. The Balaban J connectivity index is 2.47. The highest BCUT2D eigenvalue weighted by molar-refractivity contribution is 5.29. The van der Waals surface area contributed by atoms with Crippen molar-refractivity contribution in [3.8, 4) is 5.75 Å². The van der Waals surface area contributed by atoms with E-state index in [1.54, 1.807) is 6.07 Å². The molecule has 1 aromatic rings. The highest BCUT2D eigenvalue weighted by Crippen LogP contribution is 2.21. The number of aliphatic hydroxyl groups is 1. The third-order valence-electron chi connectivity index (χ3n) is 2.31. The summed E-state index contributed by atoms with van der Waals surface area (Å²) in [5.41, 5.74) is 0.0680. The lowest BCUT2D eigenvalue weighted by molar-refractivity contribution is -0.0163. The minimum atomic E-state index is -0.816. The van der Waals surface area contributed by atoms with Crippen molar-refractivity contribution in [2.24, 2.45) is 0 Å². The third-order valence-corrected chi connectivity index (χ3v) is 2.31. The second-order valence-corrected chi connectivity index (χ2v) is 5.17. The molecule has 18 heavy (non-hydrogen) atoms. The predicted molar refractivity (Wildman–Crippen MR) is 68.2 cm³/mol. The molecule has 4 heteroatoms. The Labute approximate surface area is 108 Å². The molecule has 0 aliphatic carbocycles. The first-order chi connectivity index (χ1) is 8.29. The minimum absolute atomic E-state index is 0.204. The zero-order valence-electron chi connectivity index (χ0n) is 11.4. The van der Waals surface area contributed by atoms with Gasteiger partial charge in [0.05, 0.1) is 18.3 Å². The van der Waals surface area contributed by atoms with Crippen LogP contribution in [0.3, 0.4) is 0 Å². The van der Waals surface area contributed by atoms with Gasteiger partial charge in [-0.15, -0.1) is 0 Å². The van der Waals surface area contributed by atoms with Crippen LogP contribution in [0, 0.1) is 5.82 Å². The van der Waals surface area contributed by atoms with Crippen LogP contribution in [0.2, 0.25) is 0 Å². The zero-order valence-corrected chi connectivity index (χ0v) is 11.4. The van der Waals surface area contributed by atoms with Gasteiger partial charge in [0.15, 0.2) is 0 Å². The van der Waals surface area contributed by atoms with Crippen molar-refractivity contribution in [1.29, 1.82) is 0 Å². The quantitative estimate of drug-likeness (QED) is 0.823. The van der Waals surface area contributed by atoms with E-state index in [4.69, 9.17) is 9.47 Å². The SMILES string of the molecule is CC(O)c1ccc(OCCOC(C)(C)C)cc1F. The summed E-state index contributed by atoms with van der Waals surface area (Å²) in [6, 6.07) is 4.45. The van der Waals surface area contributed by atoms with Crippen LogP contribution in [-0.4, -0.2) is 23.9 Å². The Kier molecular flexibility index (Phi) is 5.11. The fourth-order valence-corrected chi connectivity index (χ4v) is 1.44. The van der Waals surface area contributed by atoms with E-state index in [0.717, 1.165) is 0 Å². The van der Waals surface area contributed by atoms with Crippen molar-refractivity contribution in [1.82, 2.24) is 0 Å². The van der Waals surface area contributed by atoms with Crippen molar-refractivity contribution in [3.05, 3.63) is 29.6 Å². The van der Waals surface area contributed by atoms with Gasteiger partial charge in [-0.05, 0) is 39.8 Å². The Morgan fingerprint density at radius 3 is 2.44 bits per heavy atom. The monoisotopic (exact) mass is 256 g/mol. The van der Waals surface area contributed by atoms with Gasteiger partial charge in [0, 0.05) is 11.6 Å². The first kappa shape index (κ1) is 14.9. The average Bonchev–Trinajstić information content (AvgIpc) is 2.22. The summed E-state index contributed by atoms with van der Waals surface area (Å²) in [4.78, 5) is 0. The van der Waals surface area contributed by atoms with Gasteiger partial charge < -0.3 is 14.6 Å². The van der Waals surface area contributed by atoms with Gasteiger partial charge in [0.2, 0.25) is 0 Å². The molecule has 1 N–H and O–H groups in total. The van der Waals surface area contributed by atoms with Gasteiger partial charge in [-0.2, -0.15) is 0 Å². The number of aliphatic hydroxyl groups excluding tert-OH is 1. The first-order valence-corrected chi connectivity index (χ1v) is 6.04. The standard InChI is InChI=1S/C14H21FO3/c1-10(16)12-6-5-11(9-13(12)15)17-7-8-18-14(2,3)4/h5-6,9-10,16H,7-8H2,1-4H3. The summed E-state index contributed by atoms with van der Waals surface area (Å²) >= 11 is 0. The van der Waals surface area contributed by atoms with Crippen LogP contribution in [0.1, 0.15) is 39.4 Å². The van der Waals surface area contributed by atoms with Gasteiger partial charge in [-0.3, -0.25) is 0 Å². The van der Waals surface area contributed by atoms with E-state index < -0.39 is 11.9 Å². The van der Waals surface area contributed by atoms with Crippen LogP contribution in [0.25, 0.3) is 0 Å². The number of ether oxygens (including phenoxy) is 2. The fourth-order valence-electron chi connectivity index (χ4n) is 1.44. The molecule has 0 saturated carbocycles. The highest BCUT2D eigenvalue weighted by Gasteiger charge is 2.11. The minimum Gasteiger partial charge on any atom is -0.491 e. The molecule has 0 heterocycles. The van der Waals surface area contributed by atoms with Crippen LogP contribution in [-0.2, 0) is 4.74 Å². The Morgan fingerprint density at radius 1 is 1.28 bits per heavy atom. The van der Waals surface area contributed by atoms with E-state index in [-0.39, 0.29) is 11.2 Å². The molecule has 3 nitrogen and oxygen atoms in total. The van der Waals surface area contributed by atoms with Crippen molar-refractivity contribution in [3.63, 3.8) is 0 Å². The van der Waals surface area contributed by atoms with Crippen LogP contribution < -0.4 is 4.74 Å². The molecule has 0 radical (unpaired) electrons. The molecule has 1 aromatic carbocycles. The van der Waals surface area contributed by atoms with Crippen LogP contribution in [0.15, 0.2) is 18.2 Å². The molecule has 0 amide bonds. The van der Waals surface area contributed by atoms with Crippen molar-refractivity contribution < 1.29 is 19.0 Å². The van der Waals surface area contributed by atoms with Gasteiger partial charge >= 0.3 is 0 Å². The normalized spacial score (nSPS) is 13.4. The average molecular weight is 256 g/mol. The molecule has 1 atom stereocenters. The topological polar surface area (TPSA) is 38.7 Å². The summed E-state index contributed by atoms with van der Waals surface area (Å²) in [7, 11) is 0. The molecule has 0 aliphatic rings. The van der Waals surface area contributed by atoms with Crippen LogP contribution >= 0.6 is 0 Å². The molecule has 0 aromatic heterocycles. The van der Waals surface area contributed by atoms with E-state index in [9.17, 15) is 9.50 Å². The number of halogens is 1. The number of hydrogen-bond donors (Lipinski definition) is 1. The fraction of sp³-hybridized carbons (Fsp3) is 0.571. The summed E-state index contributed by atoms with van der Waals surface area (Å²) in [5, 5.41) is 9.30. The van der Waals surface area contributed by atoms with Gasteiger partial charge in [-0.1, -0.05) is 0 Å². The lowest BCUT2D eigenvalue weighted by Gasteiger charge is -2.19. The summed E-state index contributed by atoms with van der Waals surface area (Å²) < 4.78 is 24.4. The molecule has 1 rings (SSSR count). The first-order valence-electron chi connectivity index (χ1n) is 6.04. The smallest absolute Gasteiger partial charge is 0.132 e. The number of rotatable bonds is 5. The molecule has 0 saturated heterocycles. The van der Waals surface area contributed by atoms with E-state index in [1.807, 2.05) is 20.8 Å². The van der Waals surface area contributed by atoms with E-state index in [0.29, 0.717) is 19.0 Å². The largest absolute Gasteiger partial charge is 0.491 e. The van der Waals surface area contributed by atoms with Gasteiger partial charge in [-0.25, -0.2) is 4.39 Å². The Bertz CT molecular complexity index is 383. The van der Waals surface area contributed by atoms with Crippen molar-refractivity contribution in [2.45, 2.75) is 39.4 Å². The van der Waals surface area contributed by atoms with Gasteiger partial charge in [0.1, 0.15) is 18.2 Å². The molecule has 0 spiro atoms. The lowest BCUT2D eigenvalue weighted by Crippen LogP contribution is -2.22. The van der Waals surface area contributed by atoms with E-state index in [2.05, 4.69) is 0 Å². The maximum Gasteiger partial charge on any atom is 0.132 e. The summed E-state index contributed by atoms with van der Waals surface area (Å²) in [6.07, 6.45) is -0.816. The zero-order chi connectivity index (χ0) is 13.8. The maximum atomic E-state index is 13.5. The van der Waals surface area contributed by atoms with Crippen LogP contribution in [0.4, 0.5) is 4.39 Å². The molecule has 0 fully saturated rings. The van der Waals surface area contributed by atoms with E-state index in [1.165, 1.54) is 19.1 Å². The van der Waals surface area contributed by atoms with Crippen molar-refractivity contribution in [2.75, 3.05) is 13.2 Å². The van der Waals surface area contributed by atoms with E-state index >= 15 is 0 Å². The maximum absolute atomic E-state index is 13.5. The Morgan fingerprint density at radius 2 is 1.94 bits per heavy atom. The third kappa shape index (κ3) is 5.02. The second kappa shape index (κ2) is 6.16. The highest BCUT2D eigenvalue weighted by atomic mass is 19.1. The predicted octanol–water partition coefficient (Wildman–Crippen LogP) is 3.07.